The molecule has 2 aliphatic rings. The summed E-state index contributed by atoms with van der Waals surface area (Å²) in [6, 6.07) is 9.42. The fourth-order valence-electron chi connectivity index (χ4n) is 4.73. The Kier molecular flexibility index (Phi) is 6.93. The fourth-order valence-corrected chi connectivity index (χ4v) is 4.73. The van der Waals surface area contributed by atoms with E-state index in [0.29, 0.717) is 35.9 Å². The SMILES string of the molecule is O=C(Cc1ccccc1)Nc1cnn(-c2nc(N[C@@H]3CCOC3)c3ncn(C4OC(CO)[C@@H](O)C4O)c3n2)c1. The Hall–Kier alpha value is -3.95. The van der Waals surface area contributed by atoms with Crippen LogP contribution in [0.15, 0.2) is 49.1 Å². The molecule has 1 aromatic carbocycles. The van der Waals surface area contributed by atoms with Crippen LogP contribution in [0, 0.1) is 0 Å². The zero-order chi connectivity index (χ0) is 26.9. The van der Waals surface area contributed by atoms with Crippen molar-refractivity contribution in [2.45, 2.75) is 43.4 Å². The molecular weight excluding hydrogens is 508 g/mol. The number of carbonyl (C=O) groups excluding carboxylic acids is 1. The van der Waals surface area contributed by atoms with Gasteiger partial charge in [-0.3, -0.25) is 9.36 Å². The number of fused-ring (bicyclic) bond motifs is 1. The van der Waals surface area contributed by atoms with Crippen molar-refractivity contribution in [1.29, 1.82) is 0 Å². The molecule has 2 saturated heterocycles. The minimum absolute atomic E-state index is 0.0143. The molecule has 5 atom stereocenters. The van der Waals surface area contributed by atoms with E-state index >= 15 is 0 Å². The van der Waals surface area contributed by atoms with Crippen molar-refractivity contribution in [1.82, 2.24) is 29.3 Å². The number of anilines is 2. The van der Waals surface area contributed by atoms with Gasteiger partial charge in [-0.1, -0.05) is 30.3 Å². The molecule has 3 unspecified atom stereocenters. The van der Waals surface area contributed by atoms with E-state index in [-0.39, 0.29) is 24.3 Å². The average Bonchev–Trinajstić information content (AvgIpc) is 3.74. The number of benzene rings is 1. The first-order chi connectivity index (χ1) is 19.0. The summed E-state index contributed by atoms with van der Waals surface area (Å²) in [4.78, 5) is 26.2. The van der Waals surface area contributed by atoms with Gasteiger partial charge < -0.3 is 35.4 Å². The number of hydrogen-bond donors (Lipinski definition) is 5. The molecule has 4 aromatic rings. The van der Waals surface area contributed by atoms with Crippen molar-refractivity contribution in [2.75, 3.05) is 30.5 Å². The average molecular weight is 537 g/mol. The molecule has 5 N–H and O–H groups in total. The third kappa shape index (κ3) is 5.07. The van der Waals surface area contributed by atoms with Crippen LogP contribution in [0.1, 0.15) is 18.2 Å². The summed E-state index contributed by atoms with van der Waals surface area (Å²) >= 11 is 0. The quantitative estimate of drug-likeness (QED) is 0.204. The highest BCUT2D eigenvalue weighted by Gasteiger charge is 2.44. The molecule has 2 fully saturated rings. The minimum Gasteiger partial charge on any atom is -0.394 e. The Morgan fingerprint density at radius 2 is 2.00 bits per heavy atom. The maximum absolute atomic E-state index is 12.5. The summed E-state index contributed by atoms with van der Waals surface area (Å²) < 4.78 is 14.1. The maximum atomic E-state index is 12.5. The number of aromatic nitrogens is 6. The molecule has 0 bridgehead atoms. The number of aliphatic hydroxyl groups is 3. The normalized spacial score (nSPS) is 24.8. The molecule has 14 heteroatoms. The molecule has 0 spiro atoms. The van der Waals surface area contributed by atoms with Crippen molar-refractivity contribution < 1.29 is 29.6 Å². The minimum atomic E-state index is -1.31. The molecule has 2 aliphatic heterocycles. The number of nitrogens with zero attached hydrogens (tertiary/aromatic N) is 6. The Labute approximate surface area is 222 Å². The highest BCUT2D eigenvalue weighted by Crippen LogP contribution is 2.33. The first kappa shape index (κ1) is 25.3. The molecule has 0 saturated carbocycles. The van der Waals surface area contributed by atoms with Crippen LogP contribution < -0.4 is 10.6 Å². The van der Waals surface area contributed by atoms with Gasteiger partial charge in [0.25, 0.3) is 5.95 Å². The number of carbonyl (C=O) groups is 1. The molecule has 6 rings (SSSR count). The van der Waals surface area contributed by atoms with Crippen LogP contribution in [0.25, 0.3) is 17.1 Å². The first-order valence-corrected chi connectivity index (χ1v) is 12.6. The monoisotopic (exact) mass is 536 g/mol. The van der Waals surface area contributed by atoms with Crippen LogP contribution in [0.4, 0.5) is 11.5 Å². The lowest BCUT2D eigenvalue weighted by Crippen LogP contribution is -2.33. The second kappa shape index (κ2) is 10.7. The summed E-state index contributed by atoms with van der Waals surface area (Å²) in [5, 5.41) is 40.9. The van der Waals surface area contributed by atoms with E-state index in [0.717, 1.165) is 12.0 Å². The zero-order valence-electron chi connectivity index (χ0n) is 20.8. The van der Waals surface area contributed by atoms with Gasteiger partial charge in [-0.2, -0.15) is 15.1 Å². The molecular formula is C25H28N8O6. The van der Waals surface area contributed by atoms with E-state index in [2.05, 4.69) is 30.7 Å². The van der Waals surface area contributed by atoms with Gasteiger partial charge in [-0.15, -0.1) is 0 Å². The second-order valence-corrected chi connectivity index (χ2v) is 9.51. The Morgan fingerprint density at radius 1 is 1.15 bits per heavy atom. The van der Waals surface area contributed by atoms with Crippen molar-refractivity contribution in [3.8, 4) is 5.95 Å². The third-order valence-corrected chi connectivity index (χ3v) is 6.75. The van der Waals surface area contributed by atoms with E-state index in [9.17, 15) is 20.1 Å². The number of amides is 1. The Morgan fingerprint density at radius 3 is 2.74 bits per heavy atom. The zero-order valence-corrected chi connectivity index (χ0v) is 20.8. The molecule has 5 heterocycles. The van der Waals surface area contributed by atoms with Crippen LogP contribution in [-0.2, 0) is 20.7 Å². The summed E-state index contributed by atoms with van der Waals surface area (Å²) in [6.07, 6.45) is 0.970. The molecule has 1 amide bonds. The number of hydrogen-bond acceptors (Lipinski definition) is 11. The van der Waals surface area contributed by atoms with Gasteiger partial charge in [-0.05, 0) is 12.0 Å². The van der Waals surface area contributed by atoms with Gasteiger partial charge in [0.05, 0.1) is 50.1 Å². The standard InChI is InChI=1S/C25H28N8O6/c34-11-17-20(36)21(37)24(39-17)32-13-26-19-22(29-15-6-7-38-12-15)30-25(31-23(19)32)33-10-16(9-27-33)28-18(35)8-14-4-2-1-3-5-14/h1-5,9-10,13,15,17,20-21,24,34,36-37H,6-8,11-12H2,(H,28,35)(H,29,30,31)/t15-,17?,20-,21?,24?/m1/s1. The van der Waals surface area contributed by atoms with E-state index in [1.807, 2.05) is 30.3 Å². The van der Waals surface area contributed by atoms with E-state index in [1.54, 1.807) is 6.20 Å². The van der Waals surface area contributed by atoms with Gasteiger partial charge in [-0.25, -0.2) is 9.67 Å². The molecule has 14 nitrogen and oxygen atoms in total. The lowest BCUT2D eigenvalue weighted by atomic mass is 10.1. The summed E-state index contributed by atoms with van der Waals surface area (Å²) in [5.41, 5.74) is 2.10. The number of aliphatic hydroxyl groups excluding tert-OH is 3. The lowest BCUT2D eigenvalue weighted by molar-refractivity contribution is -0.115. The molecule has 39 heavy (non-hydrogen) atoms. The van der Waals surface area contributed by atoms with Crippen LogP contribution >= 0.6 is 0 Å². The van der Waals surface area contributed by atoms with Gasteiger partial charge in [0.2, 0.25) is 5.91 Å². The maximum Gasteiger partial charge on any atom is 0.254 e. The van der Waals surface area contributed by atoms with Crippen LogP contribution in [0.3, 0.4) is 0 Å². The van der Waals surface area contributed by atoms with Crippen LogP contribution in [-0.4, -0.2) is 94.7 Å². The number of ether oxygens (including phenoxy) is 2. The summed E-state index contributed by atoms with van der Waals surface area (Å²) in [6.45, 7) is 0.679. The van der Waals surface area contributed by atoms with Gasteiger partial charge in [0.15, 0.2) is 23.2 Å². The number of imidazole rings is 1. The topological polar surface area (TPSA) is 182 Å². The predicted molar refractivity (Wildman–Crippen MR) is 137 cm³/mol. The fraction of sp³-hybridized carbons (Fsp3) is 0.400. The molecule has 0 aliphatic carbocycles. The van der Waals surface area contributed by atoms with E-state index in [1.165, 1.54) is 21.8 Å². The molecule has 3 aromatic heterocycles. The predicted octanol–water partition coefficient (Wildman–Crippen LogP) is 0.00550. The second-order valence-electron chi connectivity index (χ2n) is 9.51. The van der Waals surface area contributed by atoms with Crippen LogP contribution in [0.5, 0.6) is 0 Å². The highest BCUT2D eigenvalue weighted by atomic mass is 16.6. The number of nitrogens with one attached hydrogen (secondary N) is 2. The molecule has 0 radical (unpaired) electrons. The van der Waals surface area contributed by atoms with Crippen molar-refractivity contribution in [3.63, 3.8) is 0 Å². The highest BCUT2D eigenvalue weighted by molar-refractivity contribution is 5.92. The van der Waals surface area contributed by atoms with Crippen molar-refractivity contribution >= 4 is 28.6 Å². The third-order valence-electron chi connectivity index (χ3n) is 6.75. The Balaban J connectivity index is 1.32. The van der Waals surface area contributed by atoms with Crippen molar-refractivity contribution in [2.24, 2.45) is 0 Å². The molecule has 204 valence electrons. The smallest absolute Gasteiger partial charge is 0.254 e. The van der Waals surface area contributed by atoms with Crippen molar-refractivity contribution in [3.05, 3.63) is 54.6 Å². The van der Waals surface area contributed by atoms with E-state index in [4.69, 9.17) is 9.47 Å². The largest absolute Gasteiger partial charge is 0.394 e. The first-order valence-electron chi connectivity index (χ1n) is 12.6. The van der Waals surface area contributed by atoms with E-state index < -0.39 is 31.1 Å². The lowest BCUT2D eigenvalue weighted by Gasteiger charge is -2.17. The summed E-state index contributed by atoms with van der Waals surface area (Å²) in [7, 11) is 0. The van der Waals surface area contributed by atoms with Gasteiger partial charge in [0.1, 0.15) is 18.3 Å². The Bertz CT molecular complexity index is 1450. The van der Waals surface area contributed by atoms with Gasteiger partial charge >= 0.3 is 0 Å². The van der Waals surface area contributed by atoms with Gasteiger partial charge in [0, 0.05) is 6.61 Å². The number of rotatable bonds is 8. The summed E-state index contributed by atoms with van der Waals surface area (Å²) in [5.74, 6) is 0.422. The van der Waals surface area contributed by atoms with Crippen LogP contribution in [0.2, 0.25) is 0 Å².